The standard InChI is InChI=1S/C68H42N10S/c1-5-20-43(21-6-1)61-69-62(44-22-7-2-8-23-44)72-65(71-61)47-28-17-30-50(40-47)77-57-36-15-13-32-52(57)54-39-38-49(42-59(54)77)67-75-76-68(79-67)56-35-19-34-55-53-33-14-16-37-58(53)78(60(55)56)51-31-18-29-48(41-51)66-73-63(45-24-9-3-10-25-45)70-64(74-66)46-26-11-4-12-27-46/h1-42H. The zero-order valence-corrected chi connectivity index (χ0v) is 42.9. The van der Waals surface area contributed by atoms with Crippen molar-refractivity contribution < 1.29 is 0 Å². The molecule has 0 saturated heterocycles. The number of hydrogen-bond donors (Lipinski definition) is 0. The molecule has 0 radical (unpaired) electrons. The molecule has 0 aliphatic heterocycles. The highest BCUT2D eigenvalue weighted by Gasteiger charge is 2.22. The van der Waals surface area contributed by atoms with Gasteiger partial charge in [-0.2, -0.15) is 0 Å². The first-order valence-corrected chi connectivity index (χ1v) is 26.8. The van der Waals surface area contributed by atoms with Crippen LogP contribution in [0.5, 0.6) is 0 Å². The zero-order chi connectivity index (χ0) is 52.2. The van der Waals surface area contributed by atoms with E-state index in [9.17, 15) is 0 Å². The fourth-order valence-corrected chi connectivity index (χ4v) is 11.6. The van der Waals surface area contributed by atoms with Gasteiger partial charge in [0.1, 0.15) is 10.0 Å². The minimum Gasteiger partial charge on any atom is -0.309 e. The Morgan fingerprint density at radius 3 is 1.15 bits per heavy atom. The van der Waals surface area contributed by atoms with Crippen LogP contribution >= 0.6 is 11.3 Å². The summed E-state index contributed by atoms with van der Waals surface area (Å²) in [5.41, 5.74) is 13.6. The molecule has 5 heterocycles. The minimum atomic E-state index is 0.589. The fourth-order valence-electron chi connectivity index (χ4n) is 10.7. The molecule has 10 aromatic carbocycles. The van der Waals surface area contributed by atoms with Crippen LogP contribution < -0.4 is 0 Å². The van der Waals surface area contributed by atoms with Crippen molar-refractivity contribution in [2.45, 2.75) is 0 Å². The second kappa shape index (κ2) is 19.2. The highest BCUT2D eigenvalue weighted by Crippen LogP contribution is 2.42. The van der Waals surface area contributed by atoms with Crippen molar-refractivity contribution in [2.75, 3.05) is 0 Å². The topological polar surface area (TPSA) is 113 Å². The SMILES string of the molecule is c1ccc(-c2nc(-c3ccccc3)nc(-c3cccc(-n4c5ccccc5c5ccc(-c6nnc(-c7cccc8c9ccccc9n(-c9cccc(-c%10nc(-c%11ccccc%11)nc(-c%11ccccc%11)n%10)c9)c78)s6)cc54)c3)n2)cc1. The number of nitrogens with zero attached hydrogens (tertiary/aromatic N) is 10. The van der Waals surface area contributed by atoms with E-state index >= 15 is 0 Å². The number of para-hydroxylation sites is 3. The van der Waals surface area contributed by atoms with Gasteiger partial charge in [0.2, 0.25) is 0 Å². The van der Waals surface area contributed by atoms with Gasteiger partial charge in [0, 0.05) is 77.4 Å². The van der Waals surface area contributed by atoms with E-state index in [-0.39, 0.29) is 0 Å². The number of hydrogen-bond acceptors (Lipinski definition) is 9. The predicted molar refractivity (Wildman–Crippen MR) is 319 cm³/mol. The van der Waals surface area contributed by atoms with Gasteiger partial charge in [-0.3, -0.25) is 0 Å². The minimum absolute atomic E-state index is 0.589. The Morgan fingerprint density at radius 1 is 0.253 bits per heavy atom. The van der Waals surface area contributed by atoms with Crippen LogP contribution in [-0.2, 0) is 0 Å². The normalized spacial score (nSPS) is 11.5. The molecule has 0 N–H and O–H groups in total. The Hall–Kier alpha value is -10.6. The fraction of sp³-hybridized carbons (Fsp3) is 0. The van der Waals surface area contributed by atoms with E-state index in [1.165, 1.54) is 0 Å². The summed E-state index contributed by atoms with van der Waals surface area (Å²) in [6, 6.07) is 87.4. The molecule has 0 bridgehead atoms. The maximum absolute atomic E-state index is 5.08. The molecule has 5 aromatic heterocycles. The van der Waals surface area contributed by atoms with Gasteiger partial charge in [-0.25, -0.2) is 29.9 Å². The summed E-state index contributed by atoms with van der Waals surface area (Å²) < 4.78 is 4.66. The first-order chi connectivity index (χ1) is 39.1. The van der Waals surface area contributed by atoms with E-state index in [2.05, 4.69) is 143 Å². The van der Waals surface area contributed by atoms with Crippen LogP contribution in [0.3, 0.4) is 0 Å². The van der Waals surface area contributed by atoms with E-state index in [1.54, 1.807) is 11.3 Å². The molecule has 0 unspecified atom stereocenters. The number of fused-ring (bicyclic) bond motifs is 6. The second-order valence-electron chi connectivity index (χ2n) is 19.2. The first-order valence-electron chi connectivity index (χ1n) is 26.0. The third kappa shape index (κ3) is 8.20. The average molecular weight is 1030 g/mol. The van der Waals surface area contributed by atoms with E-state index in [1.807, 2.05) is 121 Å². The molecule has 0 saturated carbocycles. The first kappa shape index (κ1) is 45.7. The van der Waals surface area contributed by atoms with Crippen LogP contribution in [0.1, 0.15) is 0 Å². The molecular weight excluding hydrogens is 989 g/mol. The van der Waals surface area contributed by atoms with E-state index in [0.29, 0.717) is 34.9 Å². The summed E-state index contributed by atoms with van der Waals surface area (Å²) >= 11 is 1.59. The van der Waals surface area contributed by atoms with Gasteiger partial charge in [0.05, 0.1) is 22.1 Å². The molecule has 15 rings (SSSR count). The van der Waals surface area contributed by atoms with Gasteiger partial charge in [0.15, 0.2) is 34.9 Å². The van der Waals surface area contributed by atoms with Gasteiger partial charge in [-0.05, 0) is 48.5 Å². The summed E-state index contributed by atoms with van der Waals surface area (Å²) in [5.74, 6) is 3.64. The third-order valence-electron chi connectivity index (χ3n) is 14.4. The molecule has 10 nitrogen and oxygen atoms in total. The highest BCUT2D eigenvalue weighted by molar-refractivity contribution is 7.18. The van der Waals surface area contributed by atoms with Crippen LogP contribution in [0, 0.1) is 0 Å². The molecule has 0 aliphatic carbocycles. The van der Waals surface area contributed by atoms with Gasteiger partial charge in [-0.1, -0.05) is 218 Å². The monoisotopic (exact) mass is 1030 g/mol. The summed E-state index contributed by atoms with van der Waals surface area (Å²) in [6.45, 7) is 0. The summed E-state index contributed by atoms with van der Waals surface area (Å²) in [5, 5.41) is 16.1. The Labute approximate surface area is 457 Å². The molecule has 11 heteroatoms. The summed E-state index contributed by atoms with van der Waals surface area (Å²) in [4.78, 5) is 30.2. The van der Waals surface area contributed by atoms with Crippen LogP contribution in [0.4, 0.5) is 0 Å². The summed E-state index contributed by atoms with van der Waals surface area (Å²) in [6.07, 6.45) is 0. The van der Waals surface area contributed by atoms with Gasteiger partial charge in [-0.15, -0.1) is 10.2 Å². The maximum atomic E-state index is 5.08. The van der Waals surface area contributed by atoms with Crippen molar-refractivity contribution in [1.82, 2.24) is 49.2 Å². The Kier molecular flexibility index (Phi) is 11.1. The number of benzene rings is 10. The quantitative estimate of drug-likeness (QED) is 0.133. The predicted octanol–water partition coefficient (Wildman–Crippen LogP) is 16.4. The summed E-state index contributed by atoms with van der Waals surface area (Å²) in [7, 11) is 0. The molecule has 15 aromatic rings. The van der Waals surface area contributed by atoms with Crippen LogP contribution in [0.25, 0.3) is 144 Å². The highest BCUT2D eigenvalue weighted by atomic mass is 32.1. The van der Waals surface area contributed by atoms with Crippen LogP contribution in [0.15, 0.2) is 255 Å². The van der Waals surface area contributed by atoms with Crippen molar-refractivity contribution in [3.05, 3.63) is 255 Å². The van der Waals surface area contributed by atoms with Gasteiger partial charge >= 0.3 is 0 Å². The molecule has 0 fully saturated rings. The average Bonchev–Trinajstić information content (AvgIpc) is 4.32. The lowest BCUT2D eigenvalue weighted by atomic mass is 10.1. The van der Waals surface area contributed by atoms with E-state index < -0.39 is 0 Å². The van der Waals surface area contributed by atoms with E-state index in [0.717, 1.165) is 110 Å². The largest absolute Gasteiger partial charge is 0.309 e. The molecule has 0 spiro atoms. The van der Waals surface area contributed by atoms with Crippen LogP contribution in [0.2, 0.25) is 0 Å². The lowest BCUT2D eigenvalue weighted by molar-refractivity contribution is 1.07. The van der Waals surface area contributed by atoms with Crippen molar-refractivity contribution in [2.24, 2.45) is 0 Å². The van der Waals surface area contributed by atoms with Crippen molar-refractivity contribution in [1.29, 1.82) is 0 Å². The maximum Gasteiger partial charge on any atom is 0.164 e. The number of aromatic nitrogens is 10. The molecule has 79 heavy (non-hydrogen) atoms. The molecule has 0 aliphatic rings. The zero-order valence-electron chi connectivity index (χ0n) is 42.1. The molecule has 370 valence electrons. The van der Waals surface area contributed by atoms with Gasteiger partial charge < -0.3 is 9.13 Å². The second-order valence-corrected chi connectivity index (χ2v) is 20.2. The lowest BCUT2D eigenvalue weighted by Crippen LogP contribution is -2.01. The Bertz CT molecular complexity index is 4670. The van der Waals surface area contributed by atoms with E-state index in [4.69, 9.17) is 40.1 Å². The molecule has 0 amide bonds. The third-order valence-corrected chi connectivity index (χ3v) is 15.4. The molecular formula is C68H42N10S. The van der Waals surface area contributed by atoms with Gasteiger partial charge in [0.25, 0.3) is 0 Å². The smallest absolute Gasteiger partial charge is 0.164 e. The van der Waals surface area contributed by atoms with Crippen LogP contribution in [-0.4, -0.2) is 49.2 Å². The molecule has 0 atom stereocenters. The Morgan fingerprint density at radius 2 is 0.633 bits per heavy atom. The Balaban J connectivity index is 0.836. The van der Waals surface area contributed by atoms with Crippen molar-refractivity contribution >= 4 is 54.9 Å². The number of rotatable bonds is 10. The van der Waals surface area contributed by atoms with Crippen molar-refractivity contribution in [3.63, 3.8) is 0 Å². The lowest BCUT2D eigenvalue weighted by Gasteiger charge is -2.12. The van der Waals surface area contributed by atoms with Crippen molar-refractivity contribution in [3.8, 4) is 101 Å².